The molecule has 2 N–H and O–H groups in total. The number of rotatable bonds is 5. The zero-order valence-electron chi connectivity index (χ0n) is 10.9. The molecule has 0 amide bonds. The molecule has 0 aliphatic rings. The van der Waals surface area contributed by atoms with Gasteiger partial charge in [-0.2, -0.15) is 0 Å². The van der Waals surface area contributed by atoms with Crippen molar-refractivity contribution in [1.29, 1.82) is 0 Å². The van der Waals surface area contributed by atoms with E-state index in [0.29, 0.717) is 15.8 Å². The highest BCUT2D eigenvalue weighted by molar-refractivity contribution is 6.33. The summed E-state index contributed by atoms with van der Waals surface area (Å²) in [6, 6.07) is 12.5. The van der Waals surface area contributed by atoms with Crippen LogP contribution in [0.5, 0.6) is 5.75 Å². The van der Waals surface area contributed by atoms with Gasteiger partial charge in [-0.1, -0.05) is 41.4 Å². The van der Waals surface area contributed by atoms with Gasteiger partial charge < -0.3 is 15.2 Å². The van der Waals surface area contributed by atoms with E-state index in [9.17, 15) is 5.11 Å². The first kappa shape index (κ1) is 15.0. The lowest BCUT2D eigenvalue weighted by Crippen LogP contribution is -2.15. The maximum atomic E-state index is 9.57. The molecule has 106 valence electrons. The van der Waals surface area contributed by atoms with Crippen LogP contribution in [0.4, 0.5) is 5.69 Å². The summed E-state index contributed by atoms with van der Waals surface area (Å²) in [5, 5.41) is 13.9. The van der Waals surface area contributed by atoms with E-state index in [1.165, 1.54) is 0 Å². The molecule has 20 heavy (non-hydrogen) atoms. The topological polar surface area (TPSA) is 41.5 Å². The number of benzene rings is 2. The Hall–Kier alpha value is -1.42. The fourth-order valence-corrected chi connectivity index (χ4v) is 2.36. The molecule has 0 bridgehead atoms. The Labute approximate surface area is 128 Å². The number of aliphatic hydroxyl groups is 1. The van der Waals surface area contributed by atoms with Crippen molar-refractivity contribution in [3.63, 3.8) is 0 Å². The average molecular weight is 312 g/mol. The third-order valence-electron chi connectivity index (χ3n) is 2.96. The normalized spacial score (nSPS) is 12.0. The number of halogens is 2. The molecule has 0 spiro atoms. The Morgan fingerprint density at radius 2 is 1.90 bits per heavy atom. The van der Waals surface area contributed by atoms with Crippen molar-refractivity contribution in [2.45, 2.75) is 6.04 Å². The first-order valence-electron chi connectivity index (χ1n) is 6.11. The summed E-state index contributed by atoms with van der Waals surface area (Å²) in [7, 11) is 1.56. The SMILES string of the molecule is COc1ccc(C(CO)Nc2ccccc2Cl)cc1Cl. The number of hydrogen-bond acceptors (Lipinski definition) is 3. The molecule has 0 aliphatic heterocycles. The summed E-state index contributed by atoms with van der Waals surface area (Å²) < 4.78 is 5.11. The van der Waals surface area contributed by atoms with Gasteiger partial charge in [-0.05, 0) is 29.8 Å². The van der Waals surface area contributed by atoms with Crippen LogP contribution in [-0.2, 0) is 0 Å². The number of ether oxygens (including phenoxy) is 1. The highest BCUT2D eigenvalue weighted by atomic mass is 35.5. The van der Waals surface area contributed by atoms with E-state index < -0.39 is 0 Å². The average Bonchev–Trinajstić information content (AvgIpc) is 2.46. The van der Waals surface area contributed by atoms with Crippen LogP contribution in [0.25, 0.3) is 0 Å². The zero-order chi connectivity index (χ0) is 14.5. The predicted molar refractivity (Wildman–Crippen MR) is 82.9 cm³/mol. The summed E-state index contributed by atoms with van der Waals surface area (Å²) in [6.45, 7) is -0.0755. The van der Waals surface area contributed by atoms with Gasteiger partial charge in [-0.15, -0.1) is 0 Å². The smallest absolute Gasteiger partial charge is 0.137 e. The van der Waals surface area contributed by atoms with Crippen molar-refractivity contribution >= 4 is 28.9 Å². The van der Waals surface area contributed by atoms with Gasteiger partial charge in [-0.3, -0.25) is 0 Å². The lowest BCUT2D eigenvalue weighted by Gasteiger charge is -2.19. The van der Waals surface area contributed by atoms with Gasteiger partial charge in [0.15, 0.2) is 0 Å². The molecule has 0 aromatic heterocycles. The molecule has 0 aliphatic carbocycles. The van der Waals surface area contributed by atoms with Crippen molar-refractivity contribution in [1.82, 2.24) is 0 Å². The number of nitrogens with one attached hydrogen (secondary N) is 1. The zero-order valence-corrected chi connectivity index (χ0v) is 12.4. The van der Waals surface area contributed by atoms with Crippen molar-refractivity contribution in [3.8, 4) is 5.75 Å². The first-order valence-corrected chi connectivity index (χ1v) is 6.86. The molecule has 3 nitrogen and oxygen atoms in total. The molecule has 0 fully saturated rings. The van der Waals surface area contributed by atoms with E-state index in [4.69, 9.17) is 27.9 Å². The summed E-state index contributed by atoms with van der Waals surface area (Å²) in [5.74, 6) is 0.602. The van der Waals surface area contributed by atoms with Crippen molar-refractivity contribution < 1.29 is 9.84 Å². The Morgan fingerprint density at radius 3 is 2.50 bits per heavy atom. The van der Waals surface area contributed by atoms with Crippen LogP contribution in [0, 0.1) is 0 Å². The minimum atomic E-state index is -0.293. The summed E-state index contributed by atoms with van der Waals surface area (Å²) in [5.41, 5.74) is 1.62. The number of anilines is 1. The fourth-order valence-electron chi connectivity index (χ4n) is 1.90. The Balaban J connectivity index is 2.24. The molecule has 2 aromatic rings. The standard InChI is InChI=1S/C15H15Cl2NO2/c1-20-15-7-6-10(8-12(15)17)14(9-19)18-13-5-3-2-4-11(13)16/h2-8,14,18-19H,9H2,1H3. The van der Waals surface area contributed by atoms with Gasteiger partial charge in [0, 0.05) is 0 Å². The number of hydrogen-bond donors (Lipinski definition) is 2. The second-order valence-corrected chi connectivity index (χ2v) is 5.07. The minimum absolute atomic E-state index is 0.0755. The molecule has 0 saturated heterocycles. The lowest BCUT2D eigenvalue weighted by atomic mass is 10.1. The summed E-state index contributed by atoms with van der Waals surface area (Å²) in [6.07, 6.45) is 0. The van der Waals surface area contributed by atoms with Crippen molar-refractivity contribution in [2.24, 2.45) is 0 Å². The van der Waals surface area contributed by atoms with Crippen LogP contribution in [0.3, 0.4) is 0 Å². The number of aliphatic hydroxyl groups excluding tert-OH is 1. The van der Waals surface area contributed by atoms with E-state index in [2.05, 4.69) is 5.32 Å². The van der Waals surface area contributed by atoms with Crippen molar-refractivity contribution in [2.75, 3.05) is 19.0 Å². The van der Waals surface area contributed by atoms with E-state index in [-0.39, 0.29) is 12.6 Å². The lowest BCUT2D eigenvalue weighted by molar-refractivity contribution is 0.276. The summed E-state index contributed by atoms with van der Waals surface area (Å²) in [4.78, 5) is 0. The quantitative estimate of drug-likeness (QED) is 0.871. The van der Waals surface area contributed by atoms with Crippen LogP contribution >= 0.6 is 23.2 Å². The molecule has 1 unspecified atom stereocenters. The Morgan fingerprint density at radius 1 is 1.15 bits per heavy atom. The third kappa shape index (κ3) is 3.37. The maximum absolute atomic E-state index is 9.57. The van der Waals surface area contributed by atoms with Gasteiger partial charge in [0.25, 0.3) is 0 Å². The number of methoxy groups -OCH3 is 1. The molecular formula is C15H15Cl2NO2. The fraction of sp³-hybridized carbons (Fsp3) is 0.200. The molecule has 2 rings (SSSR count). The minimum Gasteiger partial charge on any atom is -0.495 e. The molecule has 0 radical (unpaired) electrons. The summed E-state index contributed by atoms with van der Waals surface area (Å²) >= 11 is 12.2. The monoisotopic (exact) mass is 311 g/mol. The molecule has 2 aromatic carbocycles. The van der Waals surface area contributed by atoms with Crippen LogP contribution in [0.1, 0.15) is 11.6 Å². The molecular weight excluding hydrogens is 297 g/mol. The van der Waals surface area contributed by atoms with Crippen LogP contribution in [-0.4, -0.2) is 18.8 Å². The van der Waals surface area contributed by atoms with Crippen LogP contribution < -0.4 is 10.1 Å². The molecule has 0 saturated carbocycles. The van der Waals surface area contributed by atoms with Crippen LogP contribution in [0.2, 0.25) is 10.0 Å². The largest absolute Gasteiger partial charge is 0.495 e. The third-order valence-corrected chi connectivity index (χ3v) is 3.59. The first-order chi connectivity index (χ1) is 9.65. The number of para-hydroxylation sites is 1. The second-order valence-electron chi connectivity index (χ2n) is 4.25. The van der Waals surface area contributed by atoms with Gasteiger partial charge in [0.1, 0.15) is 5.75 Å². The van der Waals surface area contributed by atoms with Gasteiger partial charge in [0.05, 0.1) is 35.5 Å². The van der Waals surface area contributed by atoms with E-state index in [1.54, 1.807) is 25.3 Å². The van der Waals surface area contributed by atoms with E-state index in [0.717, 1.165) is 11.3 Å². The van der Waals surface area contributed by atoms with Gasteiger partial charge in [-0.25, -0.2) is 0 Å². The second kappa shape index (κ2) is 6.84. The van der Waals surface area contributed by atoms with Crippen molar-refractivity contribution in [3.05, 3.63) is 58.1 Å². The molecule has 0 heterocycles. The van der Waals surface area contributed by atoms with E-state index >= 15 is 0 Å². The Bertz CT molecular complexity index is 590. The van der Waals surface area contributed by atoms with Gasteiger partial charge in [0.2, 0.25) is 0 Å². The Kier molecular flexibility index (Phi) is 5.12. The van der Waals surface area contributed by atoms with E-state index in [1.807, 2.05) is 24.3 Å². The molecule has 5 heteroatoms. The highest BCUT2D eigenvalue weighted by Crippen LogP contribution is 2.30. The maximum Gasteiger partial charge on any atom is 0.137 e. The predicted octanol–water partition coefficient (Wildman–Crippen LogP) is 4.15. The molecule has 1 atom stereocenters. The van der Waals surface area contributed by atoms with Gasteiger partial charge >= 0.3 is 0 Å². The highest BCUT2D eigenvalue weighted by Gasteiger charge is 2.13. The van der Waals surface area contributed by atoms with Crippen LogP contribution in [0.15, 0.2) is 42.5 Å².